The van der Waals surface area contributed by atoms with E-state index in [4.69, 9.17) is 5.73 Å². The topological polar surface area (TPSA) is 82.5 Å². The minimum atomic E-state index is 0. The number of anilines is 1. The lowest BCUT2D eigenvalue weighted by molar-refractivity contribution is 0.257. The van der Waals surface area contributed by atoms with Gasteiger partial charge in [0, 0.05) is 0 Å². The molecule has 0 amide bonds. The van der Waals surface area contributed by atoms with E-state index in [0.717, 1.165) is 24.4 Å². The van der Waals surface area contributed by atoms with Gasteiger partial charge in [-0.15, -0.1) is 5.10 Å². The van der Waals surface area contributed by atoms with Crippen LogP contribution in [0.3, 0.4) is 0 Å². The van der Waals surface area contributed by atoms with Gasteiger partial charge in [0.05, 0.1) is 6.04 Å². The molecule has 1 saturated carbocycles. The fourth-order valence-electron chi connectivity index (χ4n) is 2.83. The summed E-state index contributed by atoms with van der Waals surface area (Å²) in [7, 11) is 0. The largest absolute Gasteiger partial charge is 0.382 e. The Morgan fingerprint density at radius 3 is 2.68 bits per heavy atom. The van der Waals surface area contributed by atoms with Crippen molar-refractivity contribution in [2.45, 2.75) is 52.5 Å². The Bertz CT molecular complexity index is 541. The fraction of sp³-hybridized carbons (Fsp3) is 0.692. The Balaban J connectivity index is 0.00000133. The van der Waals surface area contributed by atoms with Crippen molar-refractivity contribution < 1.29 is 0 Å². The summed E-state index contributed by atoms with van der Waals surface area (Å²) in [6, 6.07) is 0.409. The fourth-order valence-corrected chi connectivity index (χ4v) is 2.83. The second kappa shape index (κ2) is 5.50. The molecular weight excluding hydrogens is 240 g/mol. The third-order valence-corrected chi connectivity index (χ3v) is 4.03. The molecule has 3 rings (SSSR count). The number of nitrogens with zero attached hydrogens (tertiary/aromatic N) is 5. The summed E-state index contributed by atoms with van der Waals surface area (Å²) in [6.45, 7) is 2.27. The summed E-state index contributed by atoms with van der Waals surface area (Å²) >= 11 is 0. The average Bonchev–Trinajstić information content (AvgIpc) is 2.84. The number of rotatable bonds is 2. The Morgan fingerprint density at radius 1 is 1.26 bits per heavy atom. The third-order valence-electron chi connectivity index (χ3n) is 4.03. The lowest BCUT2D eigenvalue weighted by Gasteiger charge is -2.27. The van der Waals surface area contributed by atoms with Gasteiger partial charge in [-0.2, -0.15) is 0 Å². The predicted molar refractivity (Wildman–Crippen MR) is 75.5 cm³/mol. The number of aromatic nitrogens is 5. The van der Waals surface area contributed by atoms with Crippen molar-refractivity contribution in [1.82, 2.24) is 25.0 Å². The van der Waals surface area contributed by atoms with E-state index in [-0.39, 0.29) is 7.43 Å². The molecule has 6 heteroatoms. The number of nitrogens with two attached hydrogens (primary N) is 1. The lowest BCUT2D eigenvalue weighted by atomic mass is 9.84. The maximum atomic E-state index is 5.78. The van der Waals surface area contributed by atoms with Crippen LogP contribution in [-0.4, -0.2) is 25.0 Å². The van der Waals surface area contributed by atoms with Gasteiger partial charge in [0.15, 0.2) is 17.0 Å². The molecule has 6 nitrogen and oxygen atoms in total. The summed E-state index contributed by atoms with van der Waals surface area (Å²) in [5, 5.41) is 8.31. The quantitative estimate of drug-likeness (QED) is 0.899. The zero-order valence-corrected chi connectivity index (χ0v) is 10.6. The second-order valence-corrected chi connectivity index (χ2v) is 5.05. The van der Waals surface area contributed by atoms with Crippen LogP contribution < -0.4 is 5.73 Å². The van der Waals surface area contributed by atoms with E-state index in [1.54, 1.807) is 0 Å². The van der Waals surface area contributed by atoms with Crippen LogP contribution in [0.4, 0.5) is 5.82 Å². The average molecular weight is 262 g/mol. The molecule has 0 bridgehead atoms. The lowest BCUT2D eigenvalue weighted by Crippen LogP contribution is -2.19. The van der Waals surface area contributed by atoms with Crippen LogP contribution in [0.2, 0.25) is 0 Å². The minimum Gasteiger partial charge on any atom is -0.382 e. The first kappa shape index (κ1) is 13.7. The van der Waals surface area contributed by atoms with Crippen molar-refractivity contribution in [1.29, 1.82) is 0 Å². The molecule has 0 aromatic carbocycles. The number of nitrogen functional groups attached to an aromatic ring is 1. The van der Waals surface area contributed by atoms with Gasteiger partial charge in [0.25, 0.3) is 0 Å². The van der Waals surface area contributed by atoms with Gasteiger partial charge in [-0.05, 0) is 31.6 Å². The smallest absolute Gasteiger partial charge is 0.184 e. The van der Waals surface area contributed by atoms with Crippen LogP contribution in [0.1, 0.15) is 52.5 Å². The highest BCUT2D eigenvalue weighted by atomic mass is 15.5. The molecule has 2 heterocycles. The second-order valence-electron chi connectivity index (χ2n) is 5.05. The van der Waals surface area contributed by atoms with Crippen molar-refractivity contribution in [2.75, 3.05) is 5.73 Å². The molecule has 104 valence electrons. The van der Waals surface area contributed by atoms with E-state index < -0.39 is 0 Å². The normalized spacial score (nSPS) is 23.2. The molecule has 1 fully saturated rings. The van der Waals surface area contributed by atoms with E-state index >= 15 is 0 Å². The van der Waals surface area contributed by atoms with Crippen LogP contribution in [0.5, 0.6) is 0 Å². The van der Waals surface area contributed by atoms with Gasteiger partial charge >= 0.3 is 0 Å². The zero-order chi connectivity index (χ0) is 12.5. The third kappa shape index (κ3) is 2.39. The predicted octanol–water partition coefficient (Wildman–Crippen LogP) is 2.58. The standard InChI is InChI=1S/C12H18N6.CH4/c1-2-8-3-5-9(6-4-8)18-12-10(16-17-18)11(13)14-7-15-12;/h7-9H,2-6H2,1H3,(H2,13,14,15);1H4. The van der Waals surface area contributed by atoms with Crippen molar-refractivity contribution in [3.8, 4) is 0 Å². The van der Waals surface area contributed by atoms with Gasteiger partial charge in [-0.1, -0.05) is 26.0 Å². The molecule has 1 aliphatic rings. The van der Waals surface area contributed by atoms with E-state index in [2.05, 4.69) is 27.2 Å². The van der Waals surface area contributed by atoms with Crippen molar-refractivity contribution in [3.63, 3.8) is 0 Å². The van der Waals surface area contributed by atoms with Crippen LogP contribution in [0.15, 0.2) is 6.33 Å². The van der Waals surface area contributed by atoms with E-state index in [9.17, 15) is 0 Å². The summed E-state index contributed by atoms with van der Waals surface area (Å²) in [5.41, 5.74) is 7.16. The summed E-state index contributed by atoms with van der Waals surface area (Å²) < 4.78 is 1.93. The van der Waals surface area contributed by atoms with Gasteiger partial charge in [-0.3, -0.25) is 0 Å². The summed E-state index contributed by atoms with van der Waals surface area (Å²) in [5.74, 6) is 1.28. The zero-order valence-electron chi connectivity index (χ0n) is 10.6. The van der Waals surface area contributed by atoms with Crippen molar-refractivity contribution in [2.24, 2.45) is 5.92 Å². The molecule has 0 saturated heterocycles. The number of fused-ring (bicyclic) bond motifs is 1. The van der Waals surface area contributed by atoms with Gasteiger partial charge in [0.1, 0.15) is 6.33 Å². The molecule has 1 aliphatic carbocycles. The highest BCUT2D eigenvalue weighted by Gasteiger charge is 2.24. The first-order valence-corrected chi connectivity index (χ1v) is 6.61. The summed E-state index contributed by atoms with van der Waals surface area (Å²) in [4.78, 5) is 8.21. The van der Waals surface area contributed by atoms with Crippen LogP contribution in [-0.2, 0) is 0 Å². The monoisotopic (exact) mass is 262 g/mol. The van der Waals surface area contributed by atoms with Crippen molar-refractivity contribution in [3.05, 3.63) is 6.33 Å². The van der Waals surface area contributed by atoms with E-state index in [1.807, 2.05) is 4.68 Å². The first-order chi connectivity index (χ1) is 8.79. The summed E-state index contributed by atoms with van der Waals surface area (Å²) in [6.07, 6.45) is 7.60. The molecule has 0 atom stereocenters. The maximum absolute atomic E-state index is 5.78. The Kier molecular flexibility index (Phi) is 3.97. The molecular formula is C13H22N6. The molecule has 19 heavy (non-hydrogen) atoms. The minimum absolute atomic E-state index is 0. The number of hydrogen-bond donors (Lipinski definition) is 1. The SMILES string of the molecule is C.CCC1CCC(n2nnc3c(N)ncnc32)CC1. The van der Waals surface area contributed by atoms with Crippen molar-refractivity contribution >= 4 is 17.0 Å². The number of hydrogen-bond acceptors (Lipinski definition) is 5. The molecule has 2 aromatic heterocycles. The molecule has 0 unspecified atom stereocenters. The molecule has 0 spiro atoms. The van der Waals surface area contributed by atoms with Crippen LogP contribution in [0.25, 0.3) is 11.2 Å². The highest BCUT2D eigenvalue weighted by molar-refractivity contribution is 5.80. The molecule has 0 aliphatic heterocycles. The molecule has 2 N–H and O–H groups in total. The van der Waals surface area contributed by atoms with Gasteiger partial charge in [0.2, 0.25) is 0 Å². The Labute approximate surface area is 113 Å². The Hall–Kier alpha value is -1.72. The van der Waals surface area contributed by atoms with E-state index in [1.165, 1.54) is 25.6 Å². The Morgan fingerprint density at radius 2 is 2.00 bits per heavy atom. The molecule has 2 aromatic rings. The van der Waals surface area contributed by atoms with Crippen LogP contribution >= 0.6 is 0 Å². The highest BCUT2D eigenvalue weighted by Crippen LogP contribution is 2.34. The van der Waals surface area contributed by atoms with E-state index in [0.29, 0.717) is 17.4 Å². The maximum Gasteiger partial charge on any atom is 0.184 e. The van der Waals surface area contributed by atoms with Gasteiger partial charge < -0.3 is 5.73 Å². The molecule has 0 radical (unpaired) electrons. The van der Waals surface area contributed by atoms with Crippen LogP contribution in [0, 0.1) is 5.92 Å². The first-order valence-electron chi connectivity index (χ1n) is 6.61. The van der Waals surface area contributed by atoms with Gasteiger partial charge in [-0.25, -0.2) is 14.6 Å².